The lowest BCUT2D eigenvalue weighted by atomic mass is 10.2. The zero-order valence-electron chi connectivity index (χ0n) is 9.77. The minimum atomic E-state index is 0.267. The highest BCUT2D eigenvalue weighted by atomic mass is 35.5. The first-order valence-electron chi connectivity index (χ1n) is 5.29. The van der Waals surface area contributed by atoms with Gasteiger partial charge in [-0.25, -0.2) is 9.97 Å². The predicted molar refractivity (Wildman–Crippen MR) is 75.0 cm³/mol. The second-order valence-corrected chi connectivity index (χ2v) is 4.68. The van der Waals surface area contributed by atoms with Crippen LogP contribution in [0.5, 0.6) is 0 Å². The third kappa shape index (κ3) is 2.83. The molecule has 0 radical (unpaired) electrons. The average Bonchev–Trinajstić information content (AvgIpc) is 2.35. The van der Waals surface area contributed by atoms with Crippen molar-refractivity contribution in [2.24, 2.45) is 0 Å². The standard InChI is InChI=1S/C12H12Cl2N4/c1-18(6-8-2-4-9(13)5-3-8)12-10(15)11(14)16-7-17-12/h2-5,7H,6,15H2,1H3. The van der Waals surface area contributed by atoms with Crippen molar-refractivity contribution < 1.29 is 0 Å². The number of aromatic nitrogens is 2. The van der Waals surface area contributed by atoms with Crippen LogP contribution in [0, 0.1) is 0 Å². The number of rotatable bonds is 3. The maximum absolute atomic E-state index is 5.86. The first kappa shape index (κ1) is 12.9. The molecule has 0 bridgehead atoms. The molecule has 6 heteroatoms. The van der Waals surface area contributed by atoms with Crippen LogP contribution in [0.2, 0.25) is 10.2 Å². The molecule has 0 saturated carbocycles. The Balaban J connectivity index is 2.19. The Labute approximate surface area is 115 Å². The largest absolute Gasteiger partial charge is 0.393 e. The lowest BCUT2D eigenvalue weighted by Crippen LogP contribution is -2.19. The van der Waals surface area contributed by atoms with Gasteiger partial charge < -0.3 is 10.6 Å². The highest BCUT2D eigenvalue weighted by Gasteiger charge is 2.10. The van der Waals surface area contributed by atoms with Crippen LogP contribution >= 0.6 is 23.2 Å². The van der Waals surface area contributed by atoms with Crippen molar-refractivity contribution in [1.29, 1.82) is 0 Å². The molecular weight excluding hydrogens is 271 g/mol. The number of benzene rings is 1. The van der Waals surface area contributed by atoms with E-state index in [-0.39, 0.29) is 5.15 Å². The summed E-state index contributed by atoms with van der Waals surface area (Å²) in [6.45, 7) is 0.661. The van der Waals surface area contributed by atoms with Gasteiger partial charge in [-0.2, -0.15) is 0 Å². The van der Waals surface area contributed by atoms with Gasteiger partial charge in [0.15, 0.2) is 11.0 Å². The number of halogens is 2. The number of nitrogen functional groups attached to an aromatic ring is 1. The van der Waals surface area contributed by atoms with Gasteiger partial charge in [0.1, 0.15) is 12.0 Å². The normalized spacial score (nSPS) is 10.4. The fraction of sp³-hybridized carbons (Fsp3) is 0.167. The highest BCUT2D eigenvalue weighted by Crippen LogP contribution is 2.25. The molecule has 0 aliphatic rings. The smallest absolute Gasteiger partial charge is 0.157 e. The van der Waals surface area contributed by atoms with Crippen LogP contribution in [0.15, 0.2) is 30.6 Å². The number of nitrogens with zero attached hydrogens (tertiary/aromatic N) is 3. The molecule has 0 spiro atoms. The molecule has 1 heterocycles. The van der Waals surface area contributed by atoms with E-state index < -0.39 is 0 Å². The summed E-state index contributed by atoms with van der Waals surface area (Å²) < 4.78 is 0. The van der Waals surface area contributed by atoms with Gasteiger partial charge in [-0.3, -0.25) is 0 Å². The molecule has 1 aromatic carbocycles. The fourth-order valence-corrected chi connectivity index (χ4v) is 1.86. The first-order chi connectivity index (χ1) is 8.58. The molecule has 0 fully saturated rings. The predicted octanol–water partition coefficient (Wildman–Crippen LogP) is 3.00. The number of hydrogen-bond donors (Lipinski definition) is 1. The van der Waals surface area contributed by atoms with Crippen LogP contribution in [-0.2, 0) is 6.54 Å². The van der Waals surface area contributed by atoms with E-state index in [0.717, 1.165) is 5.56 Å². The molecule has 0 atom stereocenters. The van der Waals surface area contributed by atoms with E-state index in [4.69, 9.17) is 28.9 Å². The number of hydrogen-bond acceptors (Lipinski definition) is 4. The molecule has 1 aromatic heterocycles. The summed E-state index contributed by atoms with van der Waals surface area (Å²) in [5, 5.41) is 0.981. The third-order valence-corrected chi connectivity index (χ3v) is 3.06. The van der Waals surface area contributed by atoms with E-state index in [0.29, 0.717) is 23.1 Å². The summed E-state index contributed by atoms with van der Waals surface area (Å²) >= 11 is 11.7. The molecule has 0 aliphatic heterocycles. The summed E-state index contributed by atoms with van der Waals surface area (Å²) in [5.41, 5.74) is 7.33. The van der Waals surface area contributed by atoms with Crippen molar-refractivity contribution >= 4 is 34.7 Å². The van der Waals surface area contributed by atoms with E-state index in [1.807, 2.05) is 36.2 Å². The minimum Gasteiger partial charge on any atom is -0.393 e. The van der Waals surface area contributed by atoms with E-state index >= 15 is 0 Å². The monoisotopic (exact) mass is 282 g/mol. The molecule has 0 amide bonds. The SMILES string of the molecule is CN(Cc1ccc(Cl)cc1)c1ncnc(Cl)c1N. The molecule has 4 nitrogen and oxygen atoms in total. The summed E-state index contributed by atoms with van der Waals surface area (Å²) in [7, 11) is 1.89. The second kappa shape index (κ2) is 5.42. The van der Waals surface area contributed by atoms with Crippen LogP contribution in [0.4, 0.5) is 11.5 Å². The number of nitrogens with two attached hydrogens (primary N) is 1. The third-order valence-electron chi connectivity index (χ3n) is 2.51. The zero-order valence-corrected chi connectivity index (χ0v) is 11.3. The van der Waals surface area contributed by atoms with E-state index in [9.17, 15) is 0 Å². The van der Waals surface area contributed by atoms with E-state index in [1.165, 1.54) is 6.33 Å². The van der Waals surface area contributed by atoms with Crippen LogP contribution in [0.25, 0.3) is 0 Å². The molecule has 2 N–H and O–H groups in total. The van der Waals surface area contributed by atoms with Gasteiger partial charge in [0.2, 0.25) is 0 Å². The van der Waals surface area contributed by atoms with Crippen molar-refractivity contribution in [2.75, 3.05) is 17.7 Å². The van der Waals surface area contributed by atoms with Crippen LogP contribution < -0.4 is 10.6 Å². The van der Waals surface area contributed by atoms with Crippen LogP contribution in [0.1, 0.15) is 5.56 Å². The second-order valence-electron chi connectivity index (χ2n) is 3.88. The van der Waals surface area contributed by atoms with Gasteiger partial charge in [0, 0.05) is 18.6 Å². The lowest BCUT2D eigenvalue weighted by Gasteiger charge is -2.19. The van der Waals surface area contributed by atoms with E-state index in [1.54, 1.807) is 0 Å². The first-order valence-corrected chi connectivity index (χ1v) is 6.05. The number of anilines is 2. The Bertz CT molecular complexity index is 542. The van der Waals surface area contributed by atoms with Gasteiger partial charge in [-0.1, -0.05) is 35.3 Å². The summed E-state index contributed by atoms with van der Waals surface area (Å²) in [6.07, 6.45) is 1.40. The Morgan fingerprint density at radius 2 is 1.83 bits per heavy atom. The summed E-state index contributed by atoms with van der Waals surface area (Å²) in [5.74, 6) is 0.616. The molecule has 0 unspecified atom stereocenters. The molecule has 2 aromatic rings. The van der Waals surface area contributed by atoms with Gasteiger partial charge in [0.05, 0.1) is 0 Å². The fourth-order valence-electron chi connectivity index (χ4n) is 1.61. The average molecular weight is 283 g/mol. The maximum atomic E-state index is 5.86. The topological polar surface area (TPSA) is 55.0 Å². The lowest BCUT2D eigenvalue weighted by molar-refractivity contribution is 0.893. The van der Waals surface area contributed by atoms with Gasteiger partial charge in [-0.15, -0.1) is 0 Å². The molecule has 18 heavy (non-hydrogen) atoms. The van der Waals surface area contributed by atoms with Crippen molar-refractivity contribution in [1.82, 2.24) is 9.97 Å². The van der Waals surface area contributed by atoms with E-state index in [2.05, 4.69) is 9.97 Å². The van der Waals surface area contributed by atoms with Gasteiger partial charge in [0.25, 0.3) is 0 Å². The Hall–Kier alpha value is -1.52. The Morgan fingerprint density at radius 1 is 1.17 bits per heavy atom. The maximum Gasteiger partial charge on any atom is 0.157 e. The van der Waals surface area contributed by atoms with Crippen molar-refractivity contribution in [3.05, 3.63) is 46.3 Å². The Kier molecular flexibility index (Phi) is 3.89. The van der Waals surface area contributed by atoms with Crippen LogP contribution in [0.3, 0.4) is 0 Å². The highest BCUT2D eigenvalue weighted by molar-refractivity contribution is 6.32. The van der Waals surface area contributed by atoms with Gasteiger partial charge >= 0.3 is 0 Å². The Morgan fingerprint density at radius 3 is 2.50 bits per heavy atom. The molecule has 2 rings (SSSR count). The van der Waals surface area contributed by atoms with Crippen molar-refractivity contribution in [3.8, 4) is 0 Å². The quantitative estimate of drug-likeness (QED) is 0.880. The van der Waals surface area contributed by atoms with Crippen molar-refractivity contribution in [3.63, 3.8) is 0 Å². The minimum absolute atomic E-state index is 0.267. The van der Waals surface area contributed by atoms with Crippen LogP contribution in [-0.4, -0.2) is 17.0 Å². The summed E-state index contributed by atoms with van der Waals surface area (Å²) in [6, 6.07) is 7.61. The van der Waals surface area contributed by atoms with Crippen molar-refractivity contribution in [2.45, 2.75) is 6.54 Å². The molecule has 94 valence electrons. The zero-order chi connectivity index (χ0) is 13.1. The van der Waals surface area contributed by atoms with Gasteiger partial charge in [-0.05, 0) is 17.7 Å². The molecular formula is C12H12Cl2N4. The summed E-state index contributed by atoms with van der Waals surface area (Å²) in [4.78, 5) is 9.87. The molecule has 0 aliphatic carbocycles. The molecule has 0 saturated heterocycles.